The van der Waals surface area contributed by atoms with Crippen molar-refractivity contribution in [1.82, 2.24) is 15.1 Å². The lowest BCUT2D eigenvalue weighted by atomic mass is 9.73. The maximum absolute atomic E-state index is 5.89. The van der Waals surface area contributed by atoms with Crippen molar-refractivity contribution in [2.75, 3.05) is 13.7 Å². The number of hydrogen-bond acceptors (Lipinski definition) is 3. The second-order valence-corrected chi connectivity index (χ2v) is 5.94. The Balaban J connectivity index is 2.12. The summed E-state index contributed by atoms with van der Waals surface area (Å²) in [6, 6.07) is 2.63. The molecular formula is C16H29N3O. The second kappa shape index (κ2) is 6.72. The van der Waals surface area contributed by atoms with Crippen LogP contribution >= 0.6 is 0 Å². The molecule has 1 atom stereocenters. The van der Waals surface area contributed by atoms with Gasteiger partial charge in [-0.2, -0.15) is 5.10 Å². The highest BCUT2D eigenvalue weighted by Crippen LogP contribution is 2.39. The Kier molecular flexibility index (Phi) is 5.22. The minimum atomic E-state index is 0.0335. The summed E-state index contributed by atoms with van der Waals surface area (Å²) >= 11 is 0. The van der Waals surface area contributed by atoms with Crippen molar-refractivity contribution in [2.45, 2.75) is 64.0 Å². The van der Waals surface area contributed by atoms with Crippen molar-refractivity contribution in [3.63, 3.8) is 0 Å². The SMILES string of the molecule is CCCNC(Cc1cc(CC)nn1C)C1(OC)CCC1. The van der Waals surface area contributed by atoms with Crippen molar-refractivity contribution in [2.24, 2.45) is 7.05 Å². The third-order valence-corrected chi connectivity index (χ3v) is 4.69. The lowest BCUT2D eigenvalue weighted by Crippen LogP contribution is -2.57. The summed E-state index contributed by atoms with van der Waals surface area (Å²) in [7, 11) is 3.91. The molecule has 2 rings (SSSR count). The minimum Gasteiger partial charge on any atom is -0.377 e. The monoisotopic (exact) mass is 279 g/mol. The van der Waals surface area contributed by atoms with Crippen LogP contribution in [0.15, 0.2) is 6.07 Å². The molecule has 0 amide bonds. The predicted octanol–water partition coefficient (Wildman–Crippen LogP) is 2.46. The topological polar surface area (TPSA) is 39.1 Å². The molecule has 1 N–H and O–H groups in total. The number of aromatic nitrogens is 2. The highest BCUT2D eigenvalue weighted by Gasteiger charge is 2.44. The molecule has 0 spiro atoms. The Morgan fingerprint density at radius 1 is 1.45 bits per heavy atom. The fourth-order valence-electron chi connectivity index (χ4n) is 3.13. The van der Waals surface area contributed by atoms with E-state index in [1.54, 1.807) is 0 Å². The van der Waals surface area contributed by atoms with E-state index in [2.05, 4.69) is 30.3 Å². The average Bonchev–Trinajstić information content (AvgIpc) is 2.76. The molecule has 1 heterocycles. The maximum atomic E-state index is 5.89. The molecule has 4 nitrogen and oxygen atoms in total. The van der Waals surface area contributed by atoms with Crippen LogP contribution in [-0.4, -0.2) is 35.1 Å². The molecule has 1 aromatic rings. The Hall–Kier alpha value is -0.870. The molecule has 0 bridgehead atoms. The number of aryl methyl sites for hydroxylation is 2. The highest BCUT2D eigenvalue weighted by molar-refractivity contribution is 5.14. The van der Waals surface area contributed by atoms with Crippen LogP contribution in [0.1, 0.15) is 50.9 Å². The summed E-state index contributed by atoms with van der Waals surface area (Å²) in [5.41, 5.74) is 2.52. The van der Waals surface area contributed by atoms with Crippen molar-refractivity contribution in [3.05, 3.63) is 17.5 Å². The quantitative estimate of drug-likeness (QED) is 0.794. The van der Waals surface area contributed by atoms with Crippen molar-refractivity contribution < 1.29 is 4.74 Å². The van der Waals surface area contributed by atoms with E-state index in [1.165, 1.54) is 30.7 Å². The zero-order valence-electron chi connectivity index (χ0n) is 13.4. The van der Waals surface area contributed by atoms with Crippen molar-refractivity contribution >= 4 is 0 Å². The second-order valence-electron chi connectivity index (χ2n) is 5.94. The molecule has 0 aromatic carbocycles. The molecule has 20 heavy (non-hydrogen) atoms. The maximum Gasteiger partial charge on any atom is 0.0834 e. The summed E-state index contributed by atoms with van der Waals surface area (Å²) < 4.78 is 7.92. The standard InChI is InChI=1S/C16H29N3O/c1-5-10-17-15(16(20-4)8-7-9-16)12-14-11-13(6-2)18-19(14)3/h11,15,17H,5-10,12H2,1-4H3. The summed E-state index contributed by atoms with van der Waals surface area (Å²) in [5.74, 6) is 0. The van der Waals surface area contributed by atoms with Crippen molar-refractivity contribution in [3.8, 4) is 0 Å². The summed E-state index contributed by atoms with van der Waals surface area (Å²) in [6.07, 6.45) is 6.77. The molecule has 0 radical (unpaired) electrons. The first kappa shape index (κ1) is 15.5. The van der Waals surface area contributed by atoms with E-state index < -0.39 is 0 Å². The molecule has 1 saturated carbocycles. The molecule has 1 aromatic heterocycles. The lowest BCUT2D eigenvalue weighted by Gasteiger charge is -2.47. The van der Waals surface area contributed by atoms with Crippen LogP contribution < -0.4 is 5.32 Å². The first-order valence-electron chi connectivity index (χ1n) is 7.95. The molecule has 1 aliphatic carbocycles. The molecule has 1 fully saturated rings. The fraction of sp³-hybridized carbons (Fsp3) is 0.812. The van der Waals surface area contributed by atoms with Gasteiger partial charge in [-0.25, -0.2) is 0 Å². The Bertz CT molecular complexity index is 418. The number of nitrogens with zero attached hydrogens (tertiary/aromatic N) is 2. The first-order valence-corrected chi connectivity index (χ1v) is 7.95. The van der Waals surface area contributed by atoms with E-state index in [9.17, 15) is 0 Å². The third-order valence-electron chi connectivity index (χ3n) is 4.69. The van der Waals surface area contributed by atoms with E-state index >= 15 is 0 Å². The molecular weight excluding hydrogens is 250 g/mol. The average molecular weight is 279 g/mol. The Morgan fingerprint density at radius 2 is 2.20 bits per heavy atom. The number of nitrogens with one attached hydrogen (secondary N) is 1. The van der Waals surface area contributed by atoms with Crippen LogP contribution in [-0.2, 0) is 24.6 Å². The van der Waals surface area contributed by atoms with Crippen LogP contribution in [0.5, 0.6) is 0 Å². The van der Waals surface area contributed by atoms with Gasteiger partial charge in [-0.3, -0.25) is 4.68 Å². The van der Waals surface area contributed by atoms with Gasteiger partial charge in [0.25, 0.3) is 0 Å². The van der Waals surface area contributed by atoms with E-state index in [0.717, 1.165) is 25.8 Å². The number of methoxy groups -OCH3 is 1. The first-order chi connectivity index (χ1) is 9.65. The summed E-state index contributed by atoms with van der Waals surface area (Å²) in [4.78, 5) is 0. The van der Waals surface area contributed by atoms with Gasteiger partial charge in [0.15, 0.2) is 0 Å². The lowest BCUT2D eigenvalue weighted by molar-refractivity contribution is -0.0983. The fourth-order valence-corrected chi connectivity index (χ4v) is 3.13. The van der Waals surface area contributed by atoms with Gasteiger partial charge >= 0.3 is 0 Å². The normalized spacial score (nSPS) is 18.8. The van der Waals surface area contributed by atoms with E-state index in [1.807, 2.05) is 18.8 Å². The molecule has 1 unspecified atom stereocenters. The molecule has 0 aliphatic heterocycles. The summed E-state index contributed by atoms with van der Waals surface area (Å²) in [5, 5.41) is 8.26. The van der Waals surface area contributed by atoms with Gasteiger partial charge in [0.2, 0.25) is 0 Å². The minimum absolute atomic E-state index is 0.0335. The van der Waals surface area contributed by atoms with Crippen molar-refractivity contribution in [1.29, 1.82) is 0 Å². The molecule has 1 aliphatic rings. The number of rotatable bonds is 8. The largest absolute Gasteiger partial charge is 0.377 e. The third kappa shape index (κ3) is 3.07. The van der Waals surface area contributed by atoms with Gasteiger partial charge in [-0.05, 0) is 44.7 Å². The zero-order chi connectivity index (χ0) is 14.6. The van der Waals surface area contributed by atoms with Crippen LogP contribution in [0, 0.1) is 0 Å². The van der Waals surface area contributed by atoms with Gasteiger partial charge in [-0.15, -0.1) is 0 Å². The Morgan fingerprint density at radius 3 is 2.65 bits per heavy atom. The van der Waals surface area contributed by atoms with E-state index in [0.29, 0.717) is 6.04 Å². The summed E-state index contributed by atoms with van der Waals surface area (Å²) in [6.45, 7) is 5.42. The van der Waals surface area contributed by atoms with Gasteiger partial charge in [0, 0.05) is 32.3 Å². The highest BCUT2D eigenvalue weighted by atomic mass is 16.5. The predicted molar refractivity (Wildman–Crippen MR) is 82.0 cm³/mol. The van der Waals surface area contributed by atoms with Gasteiger partial charge in [-0.1, -0.05) is 13.8 Å². The molecule has 4 heteroatoms. The van der Waals surface area contributed by atoms with Crippen LogP contribution in [0.25, 0.3) is 0 Å². The van der Waals surface area contributed by atoms with Crippen LogP contribution in [0.4, 0.5) is 0 Å². The van der Waals surface area contributed by atoms with E-state index in [4.69, 9.17) is 4.74 Å². The van der Waals surface area contributed by atoms with Gasteiger partial charge < -0.3 is 10.1 Å². The van der Waals surface area contributed by atoms with Crippen LogP contribution in [0.3, 0.4) is 0 Å². The van der Waals surface area contributed by atoms with Gasteiger partial charge in [0.1, 0.15) is 0 Å². The van der Waals surface area contributed by atoms with E-state index in [-0.39, 0.29) is 5.60 Å². The number of hydrogen-bond donors (Lipinski definition) is 1. The van der Waals surface area contributed by atoms with Crippen LogP contribution in [0.2, 0.25) is 0 Å². The molecule has 114 valence electrons. The molecule has 0 saturated heterocycles. The zero-order valence-corrected chi connectivity index (χ0v) is 13.4. The Labute approximate surface area is 122 Å². The number of ether oxygens (including phenoxy) is 1. The van der Waals surface area contributed by atoms with Gasteiger partial charge in [0.05, 0.1) is 11.3 Å². The smallest absolute Gasteiger partial charge is 0.0834 e.